The Bertz CT molecular complexity index is 1450. The van der Waals surface area contributed by atoms with Crippen LogP contribution in [0.3, 0.4) is 0 Å². The number of aryl methyl sites for hydroxylation is 2. The minimum atomic E-state index is -3.67. The van der Waals surface area contributed by atoms with E-state index in [9.17, 15) is 13.5 Å². The zero-order chi connectivity index (χ0) is 28.9. The fourth-order valence-corrected chi connectivity index (χ4v) is 2.86. The van der Waals surface area contributed by atoms with Crippen molar-refractivity contribution in [3.05, 3.63) is 72.3 Å². The monoisotopic (exact) mass is 958 g/mol. The molecule has 14 heteroatoms. The summed E-state index contributed by atoms with van der Waals surface area (Å²) >= 11 is 0. The number of benzene rings is 3. The maximum atomic E-state index is 10.1. The van der Waals surface area contributed by atoms with E-state index in [0.717, 1.165) is 22.2 Å². The van der Waals surface area contributed by atoms with E-state index >= 15 is 0 Å². The number of hydrogen-bond acceptors (Lipinski definition) is 10. The number of nitrogens with zero attached hydrogens (tertiary/aromatic N) is 6. The Morgan fingerprint density at radius 1 is 0.950 bits per heavy atom. The van der Waals surface area contributed by atoms with E-state index < -0.39 is 10.1 Å². The number of nitrogens with two attached hydrogens (primary N) is 1. The van der Waals surface area contributed by atoms with Crippen molar-refractivity contribution in [3.63, 3.8) is 0 Å². The SMILES string of the molecule is CC.CN(C)c1n[c-]n[c-]n1.CS(=O)(=O)O.Cc1cc(O)c2c(N)c(N=Nc3ccccc3C)ccc2c1.[Ta].[U]. The van der Waals surface area contributed by atoms with Gasteiger partial charge in [-0.25, -0.2) is 0 Å². The minimum absolute atomic E-state index is 0. The predicted molar refractivity (Wildman–Crippen MR) is 151 cm³/mol. The van der Waals surface area contributed by atoms with Crippen LogP contribution in [0.25, 0.3) is 10.8 Å². The van der Waals surface area contributed by atoms with Gasteiger partial charge in [0.25, 0.3) is 10.1 Å². The summed E-state index contributed by atoms with van der Waals surface area (Å²) in [5.41, 5.74) is 9.98. The molecule has 0 aliphatic rings. The van der Waals surface area contributed by atoms with Gasteiger partial charge in [-0.15, -0.1) is 5.11 Å². The summed E-state index contributed by atoms with van der Waals surface area (Å²) in [7, 11) is 0.0219. The van der Waals surface area contributed by atoms with Crippen LogP contribution in [0.15, 0.2) is 58.8 Å². The average Bonchev–Trinajstić information content (AvgIpc) is 2.85. The van der Waals surface area contributed by atoms with Gasteiger partial charge in [0.2, 0.25) is 0 Å². The van der Waals surface area contributed by atoms with Crippen LogP contribution >= 0.6 is 0 Å². The number of anilines is 2. The van der Waals surface area contributed by atoms with E-state index in [-0.39, 0.29) is 59.2 Å². The normalized spacial score (nSPS) is 9.90. The second kappa shape index (κ2) is 19.7. The zero-order valence-corrected chi connectivity index (χ0v) is 31.6. The Hall–Kier alpha value is -2.37. The summed E-state index contributed by atoms with van der Waals surface area (Å²) in [6.07, 6.45) is 5.48. The first kappa shape index (κ1) is 39.8. The maximum Gasteiger partial charge on any atom is 0.261 e. The number of phenols is 1. The standard InChI is InChI=1S/C18H17N3O.C5H6N4.C2H6.CH4O3S.Ta.U/c1-11-9-13-7-8-15(18(19)17(13)16(22)10-11)21-20-14-6-4-3-5-12(14)2;1-9(2)5-7-3-6-4-8-5;1-2;1-5(2,3)4;;/h3-10,22H,19H2,1-2H3;1-2H3;1-2H3;1H3,(H,2,3,4);;/q;-2;;;;. The molecule has 40 heavy (non-hydrogen) atoms. The van der Waals surface area contributed by atoms with Gasteiger partial charge in [-0.3, -0.25) is 4.55 Å². The van der Waals surface area contributed by atoms with Crippen molar-refractivity contribution >= 4 is 43.9 Å². The third-order valence-corrected chi connectivity index (χ3v) is 4.44. The summed E-state index contributed by atoms with van der Waals surface area (Å²) in [6.45, 7) is 7.91. The molecule has 0 amide bonds. The Labute approximate surface area is 275 Å². The van der Waals surface area contributed by atoms with Crippen LogP contribution in [0.5, 0.6) is 5.75 Å². The van der Waals surface area contributed by atoms with Gasteiger partial charge in [-0.05, 0) is 68.6 Å². The zero-order valence-electron chi connectivity index (χ0n) is 23.4. The largest absolute Gasteiger partial charge is 0.507 e. The first-order valence-corrected chi connectivity index (χ1v) is 13.3. The van der Waals surface area contributed by atoms with Gasteiger partial charge in [-0.1, -0.05) is 44.2 Å². The Kier molecular flexibility index (Phi) is 19.6. The van der Waals surface area contributed by atoms with Crippen LogP contribution < -0.4 is 10.6 Å². The number of phenolic OH excluding ortho intramolecular Hbond substituents is 1. The molecule has 4 aromatic rings. The quantitative estimate of drug-likeness (QED) is 0.108. The summed E-state index contributed by atoms with van der Waals surface area (Å²) in [5, 5.41) is 20.1. The predicted octanol–water partition coefficient (Wildman–Crippen LogP) is 5.23. The van der Waals surface area contributed by atoms with Gasteiger partial charge in [-0.2, -0.15) is 26.2 Å². The van der Waals surface area contributed by atoms with E-state index in [0.29, 0.717) is 29.0 Å². The molecule has 3 aromatic carbocycles. The molecule has 0 bridgehead atoms. The van der Waals surface area contributed by atoms with Crippen molar-refractivity contribution < 1.29 is 71.6 Å². The molecular formula is C26H33N7O4STaU-2. The van der Waals surface area contributed by atoms with Gasteiger partial charge in [0, 0.05) is 58.9 Å². The van der Waals surface area contributed by atoms with Crippen molar-refractivity contribution in [2.75, 3.05) is 31.0 Å². The van der Waals surface area contributed by atoms with Gasteiger partial charge in [0.15, 0.2) is 0 Å². The summed E-state index contributed by atoms with van der Waals surface area (Å²) in [5.74, 6) is 0.741. The second-order valence-corrected chi connectivity index (χ2v) is 9.30. The van der Waals surface area contributed by atoms with Crippen molar-refractivity contribution in [1.82, 2.24) is 15.0 Å². The van der Waals surface area contributed by atoms with Crippen molar-refractivity contribution in [1.29, 1.82) is 0 Å². The number of aromatic nitrogens is 3. The Morgan fingerprint density at radius 2 is 1.48 bits per heavy atom. The fraction of sp³-hybridized carbons (Fsp3) is 0.269. The van der Waals surface area contributed by atoms with Crippen LogP contribution in [0.4, 0.5) is 23.0 Å². The molecule has 0 unspecified atom stereocenters. The summed E-state index contributed by atoms with van der Waals surface area (Å²) in [4.78, 5) is 12.6. The van der Waals surface area contributed by atoms with Gasteiger partial charge in [0.05, 0.1) is 17.6 Å². The van der Waals surface area contributed by atoms with Crippen LogP contribution in [0.1, 0.15) is 25.0 Å². The van der Waals surface area contributed by atoms with E-state index in [4.69, 9.17) is 10.3 Å². The van der Waals surface area contributed by atoms with Crippen molar-refractivity contribution in [2.45, 2.75) is 27.7 Å². The number of fused-ring (bicyclic) bond motifs is 1. The number of azo groups is 1. The first-order valence-electron chi connectivity index (χ1n) is 11.4. The molecule has 1 radical (unpaired) electrons. The van der Waals surface area contributed by atoms with Crippen molar-refractivity contribution in [2.24, 2.45) is 10.2 Å². The number of rotatable bonds is 3. The maximum absolute atomic E-state index is 10.1. The van der Waals surface area contributed by atoms with Crippen LogP contribution in [0.2, 0.25) is 0 Å². The van der Waals surface area contributed by atoms with E-state index in [2.05, 4.69) is 37.8 Å². The van der Waals surface area contributed by atoms with Gasteiger partial charge < -0.3 is 30.7 Å². The minimum Gasteiger partial charge on any atom is -0.507 e. The number of nitrogen functional groups attached to an aromatic ring is 1. The Morgan fingerprint density at radius 3 is 1.98 bits per heavy atom. The molecule has 1 heterocycles. The Balaban J connectivity index is 0. The molecule has 0 saturated heterocycles. The molecule has 213 valence electrons. The van der Waals surface area contributed by atoms with Crippen LogP contribution in [0, 0.1) is 57.6 Å². The second-order valence-electron chi connectivity index (χ2n) is 7.83. The third kappa shape index (κ3) is 14.3. The molecule has 0 spiro atoms. The average molecular weight is 959 g/mol. The van der Waals surface area contributed by atoms with E-state index in [1.165, 1.54) is 0 Å². The molecule has 4 rings (SSSR count). The summed E-state index contributed by atoms with van der Waals surface area (Å²) in [6, 6.07) is 15.1. The fourth-order valence-electron chi connectivity index (χ4n) is 2.86. The molecule has 1 aromatic heterocycles. The number of hydrogen-bond donors (Lipinski definition) is 3. The smallest absolute Gasteiger partial charge is 0.261 e. The number of aromatic hydroxyl groups is 1. The molecule has 0 saturated carbocycles. The van der Waals surface area contributed by atoms with E-state index in [1.807, 2.05) is 84.3 Å². The van der Waals surface area contributed by atoms with Crippen LogP contribution in [-0.2, 0) is 32.5 Å². The molecule has 0 atom stereocenters. The molecule has 11 nitrogen and oxygen atoms in total. The van der Waals surface area contributed by atoms with Gasteiger partial charge in [0.1, 0.15) is 11.4 Å². The van der Waals surface area contributed by atoms with E-state index in [1.54, 1.807) is 11.0 Å². The third-order valence-electron chi connectivity index (χ3n) is 4.44. The molecule has 0 fully saturated rings. The molecule has 0 aliphatic heterocycles. The summed E-state index contributed by atoms with van der Waals surface area (Å²) < 4.78 is 25.9. The first-order chi connectivity index (χ1) is 17.9. The topological polar surface area (TPSA) is 167 Å². The molecule has 0 aliphatic carbocycles. The van der Waals surface area contributed by atoms with Gasteiger partial charge >= 0.3 is 0 Å². The molecular weight excluding hydrogens is 925 g/mol. The van der Waals surface area contributed by atoms with Crippen LogP contribution in [-0.4, -0.2) is 53.4 Å². The van der Waals surface area contributed by atoms with Crippen molar-refractivity contribution in [3.8, 4) is 5.75 Å². The molecule has 4 N–H and O–H groups in total.